The molecule has 1 aromatic heterocycles. The zero-order valence-corrected chi connectivity index (χ0v) is 14.1. The van der Waals surface area contributed by atoms with Crippen LogP contribution < -0.4 is 0 Å². The number of amides is 1. The molecule has 2 rings (SSSR count). The fourth-order valence-corrected chi connectivity index (χ4v) is 2.45. The minimum atomic E-state index is -1.17. The Morgan fingerprint density at radius 2 is 1.71 bits per heavy atom. The molecule has 1 atom stereocenters. The van der Waals surface area contributed by atoms with Gasteiger partial charge in [-0.3, -0.25) is 4.79 Å². The number of carboxylic acids is 1. The van der Waals surface area contributed by atoms with Crippen LogP contribution in [0.5, 0.6) is 0 Å². The van der Waals surface area contributed by atoms with Crippen molar-refractivity contribution in [2.75, 3.05) is 7.05 Å². The SMILES string of the molecule is CCC(Cc1ccc(C)cc1)N(C)C(=O)c1cnc(C(=O)O)cn1. The Balaban J connectivity index is 2.11. The average molecular weight is 327 g/mol. The van der Waals surface area contributed by atoms with Gasteiger partial charge in [0.1, 0.15) is 5.69 Å². The number of hydrogen-bond donors (Lipinski definition) is 1. The van der Waals surface area contributed by atoms with Crippen LogP contribution in [0.3, 0.4) is 0 Å². The molecule has 1 heterocycles. The third-order valence-electron chi connectivity index (χ3n) is 4.02. The molecule has 0 bridgehead atoms. The first-order valence-corrected chi connectivity index (χ1v) is 7.80. The molecule has 1 unspecified atom stereocenters. The van der Waals surface area contributed by atoms with Gasteiger partial charge in [0.2, 0.25) is 0 Å². The van der Waals surface area contributed by atoms with Crippen LogP contribution >= 0.6 is 0 Å². The van der Waals surface area contributed by atoms with E-state index in [1.807, 2.05) is 13.8 Å². The van der Waals surface area contributed by atoms with E-state index in [2.05, 4.69) is 34.2 Å². The van der Waals surface area contributed by atoms with Crippen molar-refractivity contribution in [1.82, 2.24) is 14.9 Å². The zero-order chi connectivity index (χ0) is 17.7. The molecule has 126 valence electrons. The Hall–Kier alpha value is -2.76. The predicted octanol–water partition coefficient (Wildman–Crippen LogP) is 2.58. The lowest BCUT2D eigenvalue weighted by Gasteiger charge is -2.27. The standard InChI is InChI=1S/C18H21N3O3/c1-4-14(9-13-7-5-12(2)6-8-13)21(3)17(22)15-10-20-16(11-19-15)18(23)24/h5-8,10-11,14H,4,9H2,1-3H3,(H,23,24). The molecular weight excluding hydrogens is 306 g/mol. The summed E-state index contributed by atoms with van der Waals surface area (Å²) >= 11 is 0. The highest BCUT2D eigenvalue weighted by atomic mass is 16.4. The summed E-state index contributed by atoms with van der Waals surface area (Å²) in [6.45, 7) is 4.07. The lowest BCUT2D eigenvalue weighted by Crippen LogP contribution is -2.38. The van der Waals surface area contributed by atoms with Gasteiger partial charge in [-0.15, -0.1) is 0 Å². The summed E-state index contributed by atoms with van der Waals surface area (Å²) in [6.07, 6.45) is 3.86. The third-order valence-corrected chi connectivity index (χ3v) is 4.02. The first-order chi connectivity index (χ1) is 11.4. The highest BCUT2D eigenvalue weighted by Crippen LogP contribution is 2.14. The maximum absolute atomic E-state index is 12.5. The van der Waals surface area contributed by atoms with E-state index >= 15 is 0 Å². The van der Waals surface area contributed by atoms with E-state index in [0.717, 1.165) is 19.0 Å². The Labute approximate surface area is 141 Å². The number of carbonyl (C=O) groups is 2. The molecule has 2 aromatic rings. The van der Waals surface area contributed by atoms with Crippen LogP contribution in [-0.4, -0.2) is 44.9 Å². The number of hydrogen-bond acceptors (Lipinski definition) is 4. The topological polar surface area (TPSA) is 83.4 Å². The second-order valence-electron chi connectivity index (χ2n) is 5.76. The van der Waals surface area contributed by atoms with Crippen LogP contribution in [0, 0.1) is 6.92 Å². The highest BCUT2D eigenvalue weighted by molar-refractivity contribution is 5.92. The average Bonchev–Trinajstić information content (AvgIpc) is 2.60. The fourth-order valence-electron chi connectivity index (χ4n) is 2.45. The van der Waals surface area contributed by atoms with E-state index in [4.69, 9.17) is 5.11 Å². The van der Waals surface area contributed by atoms with Gasteiger partial charge in [0.25, 0.3) is 5.91 Å². The first-order valence-electron chi connectivity index (χ1n) is 7.80. The van der Waals surface area contributed by atoms with Gasteiger partial charge in [-0.2, -0.15) is 0 Å². The number of nitrogens with zero attached hydrogens (tertiary/aromatic N) is 3. The molecule has 1 N–H and O–H groups in total. The summed E-state index contributed by atoms with van der Waals surface area (Å²) in [7, 11) is 1.73. The molecule has 0 saturated heterocycles. The lowest BCUT2D eigenvalue weighted by atomic mass is 10.0. The van der Waals surface area contributed by atoms with E-state index < -0.39 is 5.97 Å². The smallest absolute Gasteiger partial charge is 0.356 e. The summed E-state index contributed by atoms with van der Waals surface area (Å²) < 4.78 is 0. The molecule has 0 aliphatic heterocycles. The molecule has 0 saturated carbocycles. The minimum absolute atomic E-state index is 0.0288. The summed E-state index contributed by atoms with van der Waals surface area (Å²) in [5.74, 6) is -1.43. The molecule has 0 fully saturated rings. The van der Waals surface area contributed by atoms with Crippen LogP contribution in [0.15, 0.2) is 36.7 Å². The zero-order valence-electron chi connectivity index (χ0n) is 14.1. The molecule has 0 aliphatic rings. The minimum Gasteiger partial charge on any atom is -0.476 e. The Kier molecular flexibility index (Phi) is 5.63. The highest BCUT2D eigenvalue weighted by Gasteiger charge is 2.21. The number of carboxylic acid groups (broad SMARTS) is 1. The summed E-state index contributed by atoms with van der Waals surface area (Å²) in [6, 6.07) is 8.27. The van der Waals surface area contributed by atoms with Crippen molar-refractivity contribution < 1.29 is 14.7 Å². The number of aromatic nitrogens is 2. The molecule has 0 aliphatic carbocycles. The van der Waals surface area contributed by atoms with E-state index in [0.29, 0.717) is 0 Å². The van der Waals surface area contributed by atoms with E-state index in [1.54, 1.807) is 11.9 Å². The van der Waals surface area contributed by atoms with Gasteiger partial charge < -0.3 is 10.0 Å². The lowest BCUT2D eigenvalue weighted by molar-refractivity contribution is 0.0682. The second-order valence-corrected chi connectivity index (χ2v) is 5.76. The largest absolute Gasteiger partial charge is 0.476 e. The monoisotopic (exact) mass is 327 g/mol. The fraction of sp³-hybridized carbons (Fsp3) is 0.333. The number of likely N-dealkylation sites (N-methyl/N-ethyl adjacent to an activating group) is 1. The number of benzene rings is 1. The van der Waals surface area contributed by atoms with E-state index in [9.17, 15) is 9.59 Å². The van der Waals surface area contributed by atoms with Gasteiger partial charge in [-0.25, -0.2) is 14.8 Å². The Morgan fingerprint density at radius 1 is 1.12 bits per heavy atom. The van der Waals surface area contributed by atoms with Gasteiger partial charge in [0.05, 0.1) is 12.4 Å². The first kappa shape index (κ1) is 17.6. The predicted molar refractivity (Wildman–Crippen MR) is 90.0 cm³/mol. The molecular formula is C18H21N3O3. The van der Waals surface area contributed by atoms with Crippen molar-refractivity contribution >= 4 is 11.9 Å². The molecule has 1 amide bonds. The maximum atomic E-state index is 12.5. The normalized spacial score (nSPS) is 11.8. The van der Waals surface area contributed by atoms with Crippen LogP contribution in [0.4, 0.5) is 0 Å². The summed E-state index contributed by atoms with van der Waals surface area (Å²) in [5.41, 5.74) is 2.33. The van der Waals surface area contributed by atoms with Crippen molar-refractivity contribution in [2.45, 2.75) is 32.7 Å². The molecule has 6 nitrogen and oxygen atoms in total. The maximum Gasteiger partial charge on any atom is 0.356 e. The summed E-state index contributed by atoms with van der Waals surface area (Å²) in [4.78, 5) is 32.7. The summed E-state index contributed by atoms with van der Waals surface area (Å²) in [5, 5.41) is 8.84. The quantitative estimate of drug-likeness (QED) is 0.881. The molecule has 6 heteroatoms. The van der Waals surface area contributed by atoms with Crippen LogP contribution in [0.2, 0.25) is 0 Å². The van der Waals surface area contributed by atoms with Crippen molar-refractivity contribution in [3.05, 3.63) is 59.2 Å². The Morgan fingerprint density at radius 3 is 2.21 bits per heavy atom. The molecule has 0 spiro atoms. The van der Waals surface area contributed by atoms with E-state index in [-0.39, 0.29) is 23.3 Å². The van der Waals surface area contributed by atoms with Gasteiger partial charge in [0, 0.05) is 13.1 Å². The van der Waals surface area contributed by atoms with Gasteiger partial charge >= 0.3 is 5.97 Å². The molecule has 0 radical (unpaired) electrons. The van der Waals surface area contributed by atoms with Crippen LogP contribution in [0.25, 0.3) is 0 Å². The van der Waals surface area contributed by atoms with Crippen LogP contribution in [-0.2, 0) is 6.42 Å². The third kappa shape index (κ3) is 4.16. The van der Waals surface area contributed by atoms with Gasteiger partial charge in [0.15, 0.2) is 5.69 Å². The van der Waals surface area contributed by atoms with Crippen molar-refractivity contribution in [3.8, 4) is 0 Å². The Bertz CT molecular complexity index is 711. The molecule has 1 aromatic carbocycles. The second kappa shape index (κ2) is 7.68. The van der Waals surface area contributed by atoms with Crippen molar-refractivity contribution in [2.24, 2.45) is 0 Å². The molecule has 24 heavy (non-hydrogen) atoms. The van der Waals surface area contributed by atoms with Crippen LogP contribution in [0.1, 0.15) is 45.4 Å². The van der Waals surface area contributed by atoms with Gasteiger partial charge in [-0.1, -0.05) is 36.8 Å². The van der Waals surface area contributed by atoms with Gasteiger partial charge in [-0.05, 0) is 25.3 Å². The number of carbonyl (C=O) groups excluding carboxylic acids is 1. The number of aromatic carboxylic acids is 1. The number of rotatable bonds is 6. The van der Waals surface area contributed by atoms with E-state index in [1.165, 1.54) is 17.3 Å². The van der Waals surface area contributed by atoms with Crippen molar-refractivity contribution in [1.29, 1.82) is 0 Å². The van der Waals surface area contributed by atoms with Crippen molar-refractivity contribution in [3.63, 3.8) is 0 Å². The number of aryl methyl sites for hydroxylation is 1.